The summed E-state index contributed by atoms with van der Waals surface area (Å²) in [5, 5.41) is 17.7. The number of nitrogen functional groups attached to an aromatic ring is 1. The zero-order valence-electron chi connectivity index (χ0n) is 16.7. The van der Waals surface area contributed by atoms with Gasteiger partial charge in [-0.05, 0) is 44.4 Å². The van der Waals surface area contributed by atoms with Crippen molar-refractivity contribution in [1.82, 2.24) is 9.78 Å². The summed E-state index contributed by atoms with van der Waals surface area (Å²) in [6.07, 6.45) is 1.05. The smallest absolute Gasteiger partial charge is 0.308 e. The molecule has 4 N–H and O–H groups in total. The lowest BCUT2D eigenvalue weighted by atomic mass is 9.93. The number of benzene rings is 1. The molecule has 1 aromatic carbocycles. The number of carbonyl (C=O) groups is 2. The average Bonchev–Trinajstić information content (AvgIpc) is 3.18. The van der Waals surface area contributed by atoms with Gasteiger partial charge >= 0.3 is 5.97 Å². The number of amides is 1. The molecule has 8 nitrogen and oxygen atoms in total. The second-order valence-corrected chi connectivity index (χ2v) is 7.91. The Labute approximate surface area is 178 Å². The van der Waals surface area contributed by atoms with Crippen LogP contribution in [0, 0.1) is 5.82 Å². The third kappa shape index (κ3) is 4.57. The fourth-order valence-corrected chi connectivity index (χ4v) is 4.01. The Balaban J connectivity index is 1.82. The van der Waals surface area contributed by atoms with E-state index in [1.54, 1.807) is 14.0 Å². The topological polar surface area (TPSA) is 119 Å². The zero-order chi connectivity index (χ0) is 22.1. The number of rotatable bonds is 6. The van der Waals surface area contributed by atoms with Gasteiger partial charge in [0.25, 0.3) is 5.91 Å². The van der Waals surface area contributed by atoms with Gasteiger partial charge in [-0.15, -0.1) is 0 Å². The summed E-state index contributed by atoms with van der Waals surface area (Å²) in [4.78, 5) is 24.7. The number of aliphatic hydroxyl groups is 1. The van der Waals surface area contributed by atoms with Crippen LogP contribution in [0.1, 0.15) is 54.6 Å². The van der Waals surface area contributed by atoms with Gasteiger partial charge in [0.1, 0.15) is 17.2 Å². The Kier molecular flexibility index (Phi) is 6.33. The Hall–Kier alpha value is -2.65. The number of nitrogens with one attached hydrogen (secondary N) is 1. The normalized spacial score (nSPS) is 20.9. The molecule has 0 saturated heterocycles. The standard InChI is InChI=1S/C20H24ClFN4O4/c1-3-30-15(27)10-20(29)7-6-11(9-20)17-16(18(23)26(2)25-17)19(28)24-12-4-5-14(22)13(21)8-12/h4-5,8,11,29H,3,6-7,9-10,23H2,1-2H3,(H,24,28). The SMILES string of the molecule is CCOC(=O)CC1(O)CCC(c2nn(C)c(N)c2C(=O)Nc2ccc(F)c(Cl)c2)C1. The summed E-state index contributed by atoms with van der Waals surface area (Å²) in [5.74, 6) is -1.67. The van der Waals surface area contributed by atoms with Crippen molar-refractivity contribution in [3.63, 3.8) is 0 Å². The number of aromatic nitrogens is 2. The van der Waals surface area contributed by atoms with Crippen molar-refractivity contribution in [3.8, 4) is 0 Å². The van der Waals surface area contributed by atoms with Crippen LogP contribution in [-0.2, 0) is 16.6 Å². The van der Waals surface area contributed by atoms with E-state index in [0.29, 0.717) is 24.2 Å². The molecule has 1 aliphatic carbocycles. The summed E-state index contributed by atoms with van der Waals surface area (Å²) >= 11 is 5.78. The van der Waals surface area contributed by atoms with Crippen molar-refractivity contribution >= 4 is 35.0 Å². The van der Waals surface area contributed by atoms with Crippen LogP contribution in [0.2, 0.25) is 5.02 Å². The Morgan fingerprint density at radius 1 is 1.50 bits per heavy atom. The molecular formula is C20H24ClFN4O4. The fourth-order valence-electron chi connectivity index (χ4n) is 3.82. The largest absolute Gasteiger partial charge is 0.466 e. The minimum Gasteiger partial charge on any atom is -0.466 e. The molecule has 1 aromatic heterocycles. The second-order valence-electron chi connectivity index (χ2n) is 7.50. The first kappa shape index (κ1) is 22.0. The maximum atomic E-state index is 13.4. The number of hydrogen-bond acceptors (Lipinski definition) is 6. The van der Waals surface area contributed by atoms with E-state index in [2.05, 4.69) is 10.4 Å². The lowest BCUT2D eigenvalue weighted by Gasteiger charge is -2.21. The third-order valence-electron chi connectivity index (χ3n) is 5.27. The molecule has 1 saturated carbocycles. The van der Waals surface area contributed by atoms with Crippen LogP contribution in [0.25, 0.3) is 0 Å². The Morgan fingerprint density at radius 3 is 2.90 bits per heavy atom. The highest BCUT2D eigenvalue weighted by Crippen LogP contribution is 2.44. The van der Waals surface area contributed by atoms with Crippen molar-refractivity contribution in [2.45, 2.75) is 44.1 Å². The molecule has 0 radical (unpaired) electrons. The van der Waals surface area contributed by atoms with Crippen LogP contribution in [0.4, 0.5) is 15.9 Å². The van der Waals surface area contributed by atoms with Crippen LogP contribution in [0.5, 0.6) is 0 Å². The van der Waals surface area contributed by atoms with Crippen LogP contribution < -0.4 is 11.1 Å². The van der Waals surface area contributed by atoms with Crippen LogP contribution in [0.3, 0.4) is 0 Å². The zero-order valence-corrected chi connectivity index (χ0v) is 17.5. The van der Waals surface area contributed by atoms with Gasteiger partial charge in [-0.2, -0.15) is 5.10 Å². The number of esters is 1. The maximum absolute atomic E-state index is 13.4. The molecule has 1 heterocycles. The van der Waals surface area contributed by atoms with Gasteiger partial charge < -0.3 is 20.9 Å². The molecule has 2 aromatic rings. The summed E-state index contributed by atoms with van der Waals surface area (Å²) in [6.45, 7) is 1.95. The second kappa shape index (κ2) is 8.61. The van der Waals surface area contributed by atoms with Gasteiger partial charge in [0.15, 0.2) is 0 Å². The summed E-state index contributed by atoms with van der Waals surface area (Å²) < 4.78 is 19.7. The molecular weight excluding hydrogens is 415 g/mol. The monoisotopic (exact) mass is 438 g/mol. The summed E-state index contributed by atoms with van der Waals surface area (Å²) in [5.41, 5.74) is 5.80. The molecule has 10 heteroatoms. The van der Waals surface area contributed by atoms with Gasteiger partial charge in [0.2, 0.25) is 0 Å². The van der Waals surface area contributed by atoms with Crippen LogP contribution >= 0.6 is 11.6 Å². The van der Waals surface area contributed by atoms with Crippen molar-refractivity contribution in [2.24, 2.45) is 7.05 Å². The number of anilines is 2. The number of aryl methyl sites for hydroxylation is 1. The quantitative estimate of drug-likeness (QED) is 0.596. The third-order valence-corrected chi connectivity index (χ3v) is 5.56. The maximum Gasteiger partial charge on any atom is 0.308 e. The fraction of sp³-hybridized carbons (Fsp3) is 0.450. The van der Waals surface area contributed by atoms with Crippen molar-refractivity contribution in [2.75, 3.05) is 17.7 Å². The predicted octanol–water partition coefficient (Wildman–Crippen LogP) is 3.00. The minimum absolute atomic E-state index is 0.116. The highest BCUT2D eigenvalue weighted by atomic mass is 35.5. The van der Waals surface area contributed by atoms with E-state index in [-0.39, 0.29) is 41.8 Å². The number of carbonyl (C=O) groups excluding carboxylic acids is 2. The number of nitrogens with zero attached hydrogens (tertiary/aromatic N) is 2. The van der Waals surface area contributed by atoms with E-state index in [1.807, 2.05) is 0 Å². The van der Waals surface area contributed by atoms with Crippen LogP contribution in [0.15, 0.2) is 18.2 Å². The van der Waals surface area contributed by atoms with Gasteiger partial charge in [0, 0.05) is 18.7 Å². The van der Waals surface area contributed by atoms with E-state index in [0.717, 1.165) is 6.07 Å². The van der Waals surface area contributed by atoms with E-state index in [1.165, 1.54) is 16.8 Å². The molecule has 1 aliphatic rings. The van der Waals surface area contributed by atoms with Crippen LogP contribution in [-0.4, -0.2) is 39.0 Å². The van der Waals surface area contributed by atoms with Crippen molar-refractivity contribution in [1.29, 1.82) is 0 Å². The molecule has 162 valence electrons. The number of nitrogens with two attached hydrogens (primary N) is 1. The van der Waals surface area contributed by atoms with Gasteiger partial charge in [0.05, 0.1) is 29.3 Å². The molecule has 2 atom stereocenters. The van der Waals surface area contributed by atoms with E-state index < -0.39 is 23.3 Å². The molecule has 30 heavy (non-hydrogen) atoms. The van der Waals surface area contributed by atoms with Gasteiger partial charge in [-0.1, -0.05) is 11.6 Å². The average molecular weight is 439 g/mol. The first-order chi connectivity index (χ1) is 14.1. The Morgan fingerprint density at radius 2 is 2.23 bits per heavy atom. The summed E-state index contributed by atoms with van der Waals surface area (Å²) in [6, 6.07) is 3.84. The van der Waals surface area contributed by atoms with Crippen molar-refractivity contribution < 1.29 is 23.8 Å². The molecule has 0 aliphatic heterocycles. The highest BCUT2D eigenvalue weighted by molar-refractivity contribution is 6.31. The highest BCUT2D eigenvalue weighted by Gasteiger charge is 2.42. The van der Waals surface area contributed by atoms with E-state index in [9.17, 15) is 19.1 Å². The predicted molar refractivity (Wildman–Crippen MR) is 110 cm³/mol. The molecule has 1 amide bonds. The first-order valence-electron chi connectivity index (χ1n) is 9.60. The summed E-state index contributed by atoms with van der Waals surface area (Å²) in [7, 11) is 1.62. The van der Waals surface area contributed by atoms with E-state index in [4.69, 9.17) is 22.1 Å². The first-order valence-corrected chi connectivity index (χ1v) is 9.98. The molecule has 0 bridgehead atoms. The van der Waals surface area contributed by atoms with Gasteiger partial charge in [-0.25, -0.2) is 4.39 Å². The van der Waals surface area contributed by atoms with E-state index >= 15 is 0 Å². The lowest BCUT2D eigenvalue weighted by molar-refractivity contribution is -0.148. The number of halogens is 2. The van der Waals surface area contributed by atoms with Crippen molar-refractivity contribution in [3.05, 3.63) is 40.3 Å². The lowest BCUT2D eigenvalue weighted by Crippen LogP contribution is -2.29. The molecule has 2 unspecified atom stereocenters. The molecule has 1 fully saturated rings. The van der Waals surface area contributed by atoms with Gasteiger partial charge in [-0.3, -0.25) is 14.3 Å². The molecule has 3 rings (SSSR count). The molecule has 0 spiro atoms. The number of hydrogen-bond donors (Lipinski definition) is 3. The number of ether oxygens (including phenoxy) is 1. The Bertz CT molecular complexity index is 980. The minimum atomic E-state index is -1.22.